The van der Waals surface area contributed by atoms with Gasteiger partial charge in [-0.1, -0.05) is 12.1 Å². The fourth-order valence-electron chi connectivity index (χ4n) is 1.88. The van der Waals surface area contributed by atoms with Crippen molar-refractivity contribution < 1.29 is 4.74 Å². The van der Waals surface area contributed by atoms with Gasteiger partial charge in [0.15, 0.2) is 0 Å². The van der Waals surface area contributed by atoms with Crippen molar-refractivity contribution in [2.45, 2.75) is 37.6 Å². The summed E-state index contributed by atoms with van der Waals surface area (Å²) in [6, 6.07) is 8.28. The molecular weight excluding hydrogens is 186 g/mol. The van der Waals surface area contributed by atoms with Gasteiger partial charge < -0.3 is 10.5 Å². The highest BCUT2D eigenvalue weighted by molar-refractivity contribution is 5.28. The lowest BCUT2D eigenvalue weighted by molar-refractivity contribution is 0.414. The molecule has 0 aromatic heterocycles. The number of hydrogen-bond donors (Lipinski definition) is 1. The number of rotatable bonds is 5. The Labute approximate surface area is 91.4 Å². The first-order valence-electron chi connectivity index (χ1n) is 5.64. The second kappa shape index (κ2) is 4.23. The van der Waals surface area contributed by atoms with Crippen LogP contribution in [-0.4, -0.2) is 12.6 Å². The van der Waals surface area contributed by atoms with E-state index < -0.39 is 0 Å². The topological polar surface area (TPSA) is 35.2 Å². The van der Waals surface area contributed by atoms with E-state index in [1.165, 1.54) is 24.8 Å². The lowest BCUT2D eigenvalue weighted by atomic mass is 10.0. The summed E-state index contributed by atoms with van der Waals surface area (Å²) in [5, 5.41) is 0. The minimum absolute atomic E-state index is 0.193. The Kier molecular flexibility index (Phi) is 2.96. The molecule has 2 heteroatoms. The molecular formula is C13H19NO. The molecule has 1 aliphatic carbocycles. The minimum atomic E-state index is 0.193. The van der Waals surface area contributed by atoms with Crippen LogP contribution in [0.3, 0.4) is 0 Å². The second-order valence-electron chi connectivity index (χ2n) is 4.57. The highest BCUT2D eigenvalue weighted by Gasteiger charge is 2.36. The molecule has 2 nitrogen and oxygen atoms in total. The zero-order valence-electron chi connectivity index (χ0n) is 9.33. The Hall–Kier alpha value is -1.02. The van der Waals surface area contributed by atoms with Gasteiger partial charge in [-0.15, -0.1) is 0 Å². The predicted molar refractivity (Wildman–Crippen MR) is 62.1 cm³/mol. The summed E-state index contributed by atoms with van der Waals surface area (Å²) in [5.41, 5.74) is 7.58. The Bertz CT molecular complexity index is 331. The summed E-state index contributed by atoms with van der Waals surface area (Å²) >= 11 is 0. The highest BCUT2D eigenvalue weighted by Crippen LogP contribution is 2.36. The van der Waals surface area contributed by atoms with Gasteiger partial charge in [0, 0.05) is 5.54 Å². The molecule has 82 valence electrons. The summed E-state index contributed by atoms with van der Waals surface area (Å²) in [4.78, 5) is 0. The van der Waals surface area contributed by atoms with E-state index >= 15 is 0 Å². The van der Waals surface area contributed by atoms with Crippen molar-refractivity contribution in [1.82, 2.24) is 0 Å². The molecule has 0 bridgehead atoms. The molecule has 0 spiro atoms. The fourth-order valence-corrected chi connectivity index (χ4v) is 1.88. The van der Waals surface area contributed by atoms with Gasteiger partial charge >= 0.3 is 0 Å². The van der Waals surface area contributed by atoms with E-state index in [0.717, 1.165) is 18.6 Å². The van der Waals surface area contributed by atoms with Crippen LogP contribution in [0.4, 0.5) is 0 Å². The molecule has 0 unspecified atom stereocenters. The SMILES string of the molecule is COc1cccc(CCCC2(N)CC2)c1. The standard InChI is InChI=1S/C13H19NO/c1-15-12-6-2-4-11(10-12)5-3-7-13(14)8-9-13/h2,4,6,10H,3,5,7-9,14H2,1H3. The molecule has 2 N–H and O–H groups in total. The zero-order valence-corrected chi connectivity index (χ0v) is 9.33. The van der Waals surface area contributed by atoms with Crippen LogP contribution in [0.2, 0.25) is 0 Å². The van der Waals surface area contributed by atoms with Crippen molar-refractivity contribution in [1.29, 1.82) is 0 Å². The maximum absolute atomic E-state index is 6.04. The van der Waals surface area contributed by atoms with Gasteiger partial charge in [0.25, 0.3) is 0 Å². The molecule has 1 saturated carbocycles. The van der Waals surface area contributed by atoms with Gasteiger partial charge in [-0.2, -0.15) is 0 Å². The van der Waals surface area contributed by atoms with Gasteiger partial charge in [-0.3, -0.25) is 0 Å². The lowest BCUT2D eigenvalue weighted by Crippen LogP contribution is -2.21. The van der Waals surface area contributed by atoms with Gasteiger partial charge in [-0.25, -0.2) is 0 Å². The van der Waals surface area contributed by atoms with E-state index in [2.05, 4.69) is 12.1 Å². The predicted octanol–water partition coefficient (Wildman–Crippen LogP) is 2.51. The van der Waals surface area contributed by atoms with Gasteiger partial charge in [0.1, 0.15) is 5.75 Å². The Morgan fingerprint density at radius 2 is 2.20 bits per heavy atom. The average Bonchev–Trinajstić information content (AvgIpc) is 2.97. The summed E-state index contributed by atoms with van der Waals surface area (Å²) in [7, 11) is 1.71. The van der Waals surface area contributed by atoms with Crippen LogP contribution in [0.15, 0.2) is 24.3 Å². The van der Waals surface area contributed by atoms with E-state index in [1.54, 1.807) is 7.11 Å². The summed E-state index contributed by atoms with van der Waals surface area (Å²) < 4.78 is 5.19. The van der Waals surface area contributed by atoms with E-state index in [0.29, 0.717) is 0 Å². The number of nitrogens with two attached hydrogens (primary N) is 1. The van der Waals surface area contributed by atoms with E-state index in [4.69, 9.17) is 10.5 Å². The first kappa shape index (κ1) is 10.5. The second-order valence-corrected chi connectivity index (χ2v) is 4.57. The van der Waals surface area contributed by atoms with Crippen molar-refractivity contribution in [3.8, 4) is 5.75 Å². The van der Waals surface area contributed by atoms with Crippen LogP contribution in [0, 0.1) is 0 Å². The molecule has 0 amide bonds. The molecule has 1 fully saturated rings. The van der Waals surface area contributed by atoms with Crippen LogP contribution in [0.25, 0.3) is 0 Å². The van der Waals surface area contributed by atoms with Crippen molar-refractivity contribution in [2.24, 2.45) is 5.73 Å². The van der Waals surface area contributed by atoms with E-state index in [1.807, 2.05) is 12.1 Å². The van der Waals surface area contributed by atoms with Crippen molar-refractivity contribution >= 4 is 0 Å². The first-order chi connectivity index (χ1) is 7.22. The molecule has 0 atom stereocenters. The summed E-state index contributed by atoms with van der Waals surface area (Å²) in [5.74, 6) is 0.946. The van der Waals surface area contributed by atoms with Gasteiger partial charge in [0.2, 0.25) is 0 Å². The van der Waals surface area contributed by atoms with Crippen LogP contribution in [-0.2, 0) is 6.42 Å². The number of benzene rings is 1. The monoisotopic (exact) mass is 205 g/mol. The third-order valence-electron chi connectivity index (χ3n) is 3.17. The number of ether oxygens (including phenoxy) is 1. The Morgan fingerprint density at radius 1 is 1.40 bits per heavy atom. The number of aryl methyl sites for hydroxylation is 1. The minimum Gasteiger partial charge on any atom is -0.497 e. The molecule has 0 radical (unpaired) electrons. The average molecular weight is 205 g/mol. The Morgan fingerprint density at radius 3 is 2.87 bits per heavy atom. The maximum Gasteiger partial charge on any atom is 0.119 e. The van der Waals surface area contributed by atoms with Gasteiger partial charge in [-0.05, 0) is 49.8 Å². The Balaban J connectivity index is 1.82. The summed E-state index contributed by atoms with van der Waals surface area (Å²) in [6.07, 6.45) is 5.88. The summed E-state index contributed by atoms with van der Waals surface area (Å²) in [6.45, 7) is 0. The molecule has 15 heavy (non-hydrogen) atoms. The van der Waals surface area contributed by atoms with Crippen LogP contribution >= 0.6 is 0 Å². The van der Waals surface area contributed by atoms with Crippen molar-refractivity contribution in [3.05, 3.63) is 29.8 Å². The van der Waals surface area contributed by atoms with Crippen LogP contribution in [0.1, 0.15) is 31.2 Å². The van der Waals surface area contributed by atoms with Crippen LogP contribution in [0.5, 0.6) is 5.75 Å². The highest BCUT2D eigenvalue weighted by atomic mass is 16.5. The largest absolute Gasteiger partial charge is 0.497 e. The third-order valence-corrected chi connectivity index (χ3v) is 3.17. The van der Waals surface area contributed by atoms with E-state index in [9.17, 15) is 0 Å². The first-order valence-corrected chi connectivity index (χ1v) is 5.64. The normalized spacial score (nSPS) is 17.5. The van der Waals surface area contributed by atoms with Gasteiger partial charge in [0.05, 0.1) is 7.11 Å². The number of hydrogen-bond acceptors (Lipinski definition) is 2. The fraction of sp³-hybridized carbons (Fsp3) is 0.538. The number of methoxy groups -OCH3 is 1. The molecule has 0 heterocycles. The van der Waals surface area contributed by atoms with E-state index in [-0.39, 0.29) is 5.54 Å². The quantitative estimate of drug-likeness (QED) is 0.801. The maximum atomic E-state index is 6.04. The molecule has 0 saturated heterocycles. The lowest BCUT2D eigenvalue weighted by Gasteiger charge is -2.08. The molecule has 1 aromatic carbocycles. The van der Waals surface area contributed by atoms with Crippen molar-refractivity contribution in [2.75, 3.05) is 7.11 Å². The third kappa shape index (κ3) is 2.96. The molecule has 2 rings (SSSR count). The van der Waals surface area contributed by atoms with Crippen molar-refractivity contribution in [3.63, 3.8) is 0 Å². The van der Waals surface area contributed by atoms with Crippen LogP contribution < -0.4 is 10.5 Å². The molecule has 1 aromatic rings. The smallest absolute Gasteiger partial charge is 0.119 e. The molecule has 1 aliphatic rings. The zero-order chi connectivity index (χ0) is 10.7. The molecule has 0 aliphatic heterocycles.